The van der Waals surface area contributed by atoms with Crippen LogP contribution < -0.4 is 5.32 Å². The Balaban J connectivity index is 2.38. The highest BCUT2D eigenvalue weighted by Crippen LogP contribution is 2.19. The number of hydrogen-bond acceptors (Lipinski definition) is 2. The fourth-order valence-electron chi connectivity index (χ4n) is 2.11. The molecule has 100 valence electrons. The van der Waals surface area contributed by atoms with E-state index in [4.69, 9.17) is 0 Å². The lowest BCUT2D eigenvalue weighted by molar-refractivity contribution is 0.472. The molecule has 0 aliphatic rings. The fourth-order valence-corrected chi connectivity index (χ4v) is 2.11. The second kappa shape index (κ2) is 9.84. The molecule has 1 heterocycles. The lowest BCUT2D eigenvalue weighted by Gasteiger charge is -2.18. The molecule has 0 fully saturated rings. The Morgan fingerprint density at radius 3 is 2.72 bits per heavy atom. The summed E-state index contributed by atoms with van der Waals surface area (Å²) in [7, 11) is 0. The standard InChI is InChI=1S/C16H26N2/c1-3-5-6-7-8-9-16(18-12-4-2)15-10-13-17-14-11-15/h3,10-11,13-14,16,18H,1,4-9,12H2,2H3. The predicted octanol–water partition coefficient (Wildman–Crippen LogP) is 4.26. The van der Waals surface area contributed by atoms with Gasteiger partial charge in [0, 0.05) is 18.4 Å². The van der Waals surface area contributed by atoms with Gasteiger partial charge in [-0.2, -0.15) is 0 Å². The SMILES string of the molecule is C=CCCCCCC(NCCC)c1ccncc1. The monoisotopic (exact) mass is 246 g/mol. The van der Waals surface area contributed by atoms with E-state index in [1.807, 2.05) is 18.5 Å². The van der Waals surface area contributed by atoms with Crippen molar-refractivity contribution < 1.29 is 0 Å². The third-order valence-corrected chi connectivity index (χ3v) is 3.15. The second-order valence-electron chi connectivity index (χ2n) is 4.71. The largest absolute Gasteiger partial charge is 0.310 e. The summed E-state index contributed by atoms with van der Waals surface area (Å²) in [5.74, 6) is 0. The summed E-state index contributed by atoms with van der Waals surface area (Å²) in [6.07, 6.45) is 13.1. The molecule has 2 heteroatoms. The number of unbranched alkanes of at least 4 members (excludes halogenated alkanes) is 3. The van der Waals surface area contributed by atoms with Gasteiger partial charge >= 0.3 is 0 Å². The first-order chi connectivity index (χ1) is 8.88. The Kier molecular flexibility index (Phi) is 8.15. The molecule has 0 saturated carbocycles. The Morgan fingerprint density at radius 2 is 2.06 bits per heavy atom. The van der Waals surface area contributed by atoms with Crippen molar-refractivity contribution in [2.24, 2.45) is 0 Å². The van der Waals surface area contributed by atoms with Crippen LogP contribution >= 0.6 is 0 Å². The maximum absolute atomic E-state index is 4.09. The van der Waals surface area contributed by atoms with Crippen LogP contribution in [0.5, 0.6) is 0 Å². The van der Waals surface area contributed by atoms with Crippen LogP contribution in [0.25, 0.3) is 0 Å². The minimum Gasteiger partial charge on any atom is -0.310 e. The average molecular weight is 246 g/mol. The zero-order valence-electron chi connectivity index (χ0n) is 11.6. The van der Waals surface area contributed by atoms with Crippen LogP contribution in [0.3, 0.4) is 0 Å². The number of pyridine rings is 1. The number of aromatic nitrogens is 1. The summed E-state index contributed by atoms with van der Waals surface area (Å²) < 4.78 is 0. The van der Waals surface area contributed by atoms with Crippen LogP contribution in [0, 0.1) is 0 Å². The summed E-state index contributed by atoms with van der Waals surface area (Å²) >= 11 is 0. The smallest absolute Gasteiger partial charge is 0.0321 e. The fraction of sp³-hybridized carbons (Fsp3) is 0.562. The van der Waals surface area contributed by atoms with E-state index in [0.717, 1.165) is 13.0 Å². The molecule has 2 nitrogen and oxygen atoms in total. The average Bonchev–Trinajstić information content (AvgIpc) is 2.43. The maximum atomic E-state index is 4.09. The van der Waals surface area contributed by atoms with Gasteiger partial charge in [-0.05, 0) is 49.9 Å². The van der Waals surface area contributed by atoms with Gasteiger partial charge in [-0.25, -0.2) is 0 Å². The van der Waals surface area contributed by atoms with E-state index >= 15 is 0 Å². The molecular weight excluding hydrogens is 220 g/mol. The Labute approximate surface area is 112 Å². The van der Waals surface area contributed by atoms with Gasteiger partial charge in [0.05, 0.1) is 0 Å². The van der Waals surface area contributed by atoms with E-state index in [0.29, 0.717) is 6.04 Å². The van der Waals surface area contributed by atoms with Crippen LogP contribution in [0.4, 0.5) is 0 Å². The molecule has 1 aromatic rings. The van der Waals surface area contributed by atoms with E-state index in [9.17, 15) is 0 Å². The Bertz CT molecular complexity index is 308. The molecule has 1 N–H and O–H groups in total. The molecule has 0 radical (unpaired) electrons. The number of allylic oxidation sites excluding steroid dienone is 1. The van der Waals surface area contributed by atoms with E-state index in [2.05, 4.69) is 35.9 Å². The quantitative estimate of drug-likeness (QED) is 0.493. The van der Waals surface area contributed by atoms with Crippen LogP contribution in [0.2, 0.25) is 0 Å². The van der Waals surface area contributed by atoms with Crippen molar-refractivity contribution >= 4 is 0 Å². The maximum Gasteiger partial charge on any atom is 0.0321 e. The lowest BCUT2D eigenvalue weighted by Crippen LogP contribution is -2.22. The molecule has 0 spiro atoms. The first-order valence-electron chi connectivity index (χ1n) is 7.12. The van der Waals surface area contributed by atoms with Crippen LogP contribution in [0.1, 0.15) is 57.1 Å². The Morgan fingerprint density at radius 1 is 1.28 bits per heavy atom. The van der Waals surface area contributed by atoms with Crippen molar-refractivity contribution in [3.8, 4) is 0 Å². The minimum atomic E-state index is 0.483. The van der Waals surface area contributed by atoms with E-state index in [1.54, 1.807) is 0 Å². The number of nitrogens with one attached hydrogen (secondary N) is 1. The van der Waals surface area contributed by atoms with E-state index in [1.165, 1.54) is 37.7 Å². The van der Waals surface area contributed by atoms with Gasteiger partial charge < -0.3 is 5.32 Å². The highest BCUT2D eigenvalue weighted by Gasteiger charge is 2.09. The summed E-state index contributed by atoms with van der Waals surface area (Å²) in [5.41, 5.74) is 1.36. The van der Waals surface area contributed by atoms with E-state index in [-0.39, 0.29) is 0 Å². The molecular formula is C16H26N2. The van der Waals surface area contributed by atoms with E-state index < -0.39 is 0 Å². The van der Waals surface area contributed by atoms with Gasteiger partial charge in [0.2, 0.25) is 0 Å². The van der Waals surface area contributed by atoms with Gasteiger partial charge in [-0.3, -0.25) is 4.98 Å². The minimum absolute atomic E-state index is 0.483. The Hall–Kier alpha value is -1.15. The van der Waals surface area contributed by atoms with Crippen LogP contribution in [-0.2, 0) is 0 Å². The molecule has 0 amide bonds. The zero-order valence-corrected chi connectivity index (χ0v) is 11.6. The van der Waals surface area contributed by atoms with Gasteiger partial charge in [0.1, 0.15) is 0 Å². The number of hydrogen-bond donors (Lipinski definition) is 1. The molecule has 1 atom stereocenters. The number of nitrogens with zero attached hydrogens (tertiary/aromatic N) is 1. The van der Waals surface area contributed by atoms with Crippen molar-refractivity contribution in [1.82, 2.24) is 10.3 Å². The highest BCUT2D eigenvalue weighted by atomic mass is 14.9. The highest BCUT2D eigenvalue weighted by molar-refractivity contribution is 5.14. The molecule has 1 aromatic heterocycles. The third kappa shape index (κ3) is 5.97. The summed E-state index contributed by atoms with van der Waals surface area (Å²) in [5, 5.41) is 3.63. The normalized spacial score (nSPS) is 12.3. The molecule has 0 aliphatic carbocycles. The van der Waals surface area contributed by atoms with Gasteiger partial charge in [0.25, 0.3) is 0 Å². The van der Waals surface area contributed by atoms with Crippen molar-refractivity contribution in [3.05, 3.63) is 42.7 Å². The van der Waals surface area contributed by atoms with Gasteiger partial charge in [-0.1, -0.05) is 25.8 Å². The predicted molar refractivity (Wildman–Crippen MR) is 78.6 cm³/mol. The molecule has 0 aliphatic heterocycles. The zero-order chi connectivity index (χ0) is 13.1. The van der Waals surface area contributed by atoms with Crippen molar-refractivity contribution in [2.75, 3.05) is 6.54 Å². The van der Waals surface area contributed by atoms with Crippen molar-refractivity contribution in [2.45, 2.75) is 51.5 Å². The summed E-state index contributed by atoms with van der Waals surface area (Å²) in [6.45, 7) is 7.05. The molecule has 18 heavy (non-hydrogen) atoms. The molecule has 1 rings (SSSR count). The first kappa shape index (κ1) is 14.9. The topological polar surface area (TPSA) is 24.9 Å². The second-order valence-corrected chi connectivity index (χ2v) is 4.71. The first-order valence-corrected chi connectivity index (χ1v) is 7.12. The molecule has 0 bridgehead atoms. The van der Waals surface area contributed by atoms with Crippen molar-refractivity contribution in [1.29, 1.82) is 0 Å². The molecule has 0 aromatic carbocycles. The molecule has 1 unspecified atom stereocenters. The van der Waals surface area contributed by atoms with Gasteiger partial charge in [0.15, 0.2) is 0 Å². The summed E-state index contributed by atoms with van der Waals surface area (Å²) in [6, 6.07) is 4.73. The molecule has 0 saturated heterocycles. The lowest BCUT2D eigenvalue weighted by atomic mass is 10.0. The summed E-state index contributed by atoms with van der Waals surface area (Å²) in [4.78, 5) is 4.09. The number of rotatable bonds is 10. The van der Waals surface area contributed by atoms with Crippen LogP contribution in [-0.4, -0.2) is 11.5 Å². The third-order valence-electron chi connectivity index (χ3n) is 3.15. The van der Waals surface area contributed by atoms with Crippen molar-refractivity contribution in [3.63, 3.8) is 0 Å². The van der Waals surface area contributed by atoms with Crippen LogP contribution in [0.15, 0.2) is 37.2 Å². The van der Waals surface area contributed by atoms with Gasteiger partial charge in [-0.15, -0.1) is 6.58 Å².